The summed E-state index contributed by atoms with van der Waals surface area (Å²) in [6.07, 6.45) is 0.657. The number of nitrogens with one attached hydrogen (secondary N) is 1. The predicted octanol–water partition coefficient (Wildman–Crippen LogP) is 4.86. The van der Waals surface area contributed by atoms with Crippen LogP contribution >= 0.6 is 47.8 Å². The van der Waals surface area contributed by atoms with Crippen molar-refractivity contribution in [3.63, 3.8) is 0 Å². The van der Waals surface area contributed by atoms with Crippen LogP contribution in [0, 0.1) is 5.82 Å². The van der Waals surface area contributed by atoms with E-state index in [9.17, 15) is 4.39 Å². The zero-order chi connectivity index (χ0) is 14.7. The molecule has 0 radical (unpaired) electrons. The van der Waals surface area contributed by atoms with Crippen LogP contribution < -0.4 is 11.3 Å². The fourth-order valence-electron chi connectivity index (χ4n) is 1.94. The first-order valence-electron chi connectivity index (χ1n) is 5.86. The zero-order valence-electron chi connectivity index (χ0n) is 10.3. The number of rotatable bonds is 4. The van der Waals surface area contributed by atoms with Gasteiger partial charge in [-0.3, -0.25) is 11.3 Å². The lowest BCUT2D eigenvalue weighted by atomic mass is 9.99. The summed E-state index contributed by atoms with van der Waals surface area (Å²) >= 11 is 10.2. The van der Waals surface area contributed by atoms with E-state index in [-0.39, 0.29) is 11.9 Å². The Bertz CT molecular complexity index is 619. The summed E-state index contributed by atoms with van der Waals surface area (Å²) in [5.41, 5.74) is 4.85. The monoisotopic (exact) mass is 464 g/mol. The Hall–Kier alpha value is -0.270. The number of halogens is 4. The maximum absolute atomic E-state index is 13.3. The van der Waals surface area contributed by atoms with E-state index < -0.39 is 0 Å². The maximum Gasteiger partial charge on any atom is 0.137 e. The van der Waals surface area contributed by atoms with Crippen molar-refractivity contribution in [2.75, 3.05) is 0 Å². The molecule has 0 saturated heterocycles. The predicted molar refractivity (Wildman–Crippen MR) is 89.7 cm³/mol. The van der Waals surface area contributed by atoms with Crippen LogP contribution in [-0.2, 0) is 6.42 Å². The number of nitrogens with two attached hydrogens (primary N) is 1. The van der Waals surface area contributed by atoms with Gasteiger partial charge in [0.05, 0.1) is 10.5 Å². The van der Waals surface area contributed by atoms with Crippen molar-refractivity contribution in [1.82, 2.24) is 5.43 Å². The SMILES string of the molecule is NNC(Cc1ccc(F)c(Br)c1)c1cc(Br)ccc1Br. The van der Waals surface area contributed by atoms with Gasteiger partial charge in [-0.15, -0.1) is 0 Å². The van der Waals surface area contributed by atoms with E-state index >= 15 is 0 Å². The topological polar surface area (TPSA) is 38.0 Å². The molecule has 2 aromatic carbocycles. The van der Waals surface area contributed by atoms with Crippen molar-refractivity contribution in [3.05, 3.63) is 66.8 Å². The van der Waals surface area contributed by atoms with E-state index in [2.05, 4.69) is 53.2 Å². The van der Waals surface area contributed by atoms with E-state index in [0.717, 1.165) is 20.1 Å². The second kappa shape index (κ2) is 7.13. The standard InChI is InChI=1S/C14H12Br3FN2/c15-9-2-3-11(16)10(7-9)14(20-19)6-8-1-4-13(18)12(17)5-8/h1-5,7,14,20H,6,19H2. The van der Waals surface area contributed by atoms with Gasteiger partial charge in [0.25, 0.3) is 0 Å². The normalized spacial score (nSPS) is 12.4. The van der Waals surface area contributed by atoms with Crippen LogP contribution in [0.5, 0.6) is 0 Å². The molecule has 0 bridgehead atoms. The third-order valence-corrected chi connectivity index (χ3v) is 4.78. The van der Waals surface area contributed by atoms with Gasteiger partial charge in [0.2, 0.25) is 0 Å². The highest BCUT2D eigenvalue weighted by Gasteiger charge is 2.15. The summed E-state index contributed by atoms with van der Waals surface area (Å²) in [5, 5.41) is 0. The largest absolute Gasteiger partial charge is 0.271 e. The summed E-state index contributed by atoms with van der Waals surface area (Å²) in [6, 6.07) is 10.8. The molecule has 2 aromatic rings. The van der Waals surface area contributed by atoms with Crippen molar-refractivity contribution in [2.45, 2.75) is 12.5 Å². The number of benzene rings is 2. The smallest absolute Gasteiger partial charge is 0.137 e. The molecular weight excluding hydrogens is 455 g/mol. The van der Waals surface area contributed by atoms with Crippen molar-refractivity contribution in [1.29, 1.82) is 0 Å². The van der Waals surface area contributed by atoms with Crippen LogP contribution in [0.3, 0.4) is 0 Å². The molecule has 0 aliphatic rings. The van der Waals surface area contributed by atoms with Crippen LogP contribution in [-0.4, -0.2) is 0 Å². The minimum atomic E-state index is -0.269. The molecule has 2 rings (SSSR count). The van der Waals surface area contributed by atoms with Gasteiger partial charge in [0, 0.05) is 8.95 Å². The lowest BCUT2D eigenvalue weighted by molar-refractivity contribution is 0.548. The Balaban J connectivity index is 2.28. The van der Waals surface area contributed by atoms with Crippen LogP contribution in [0.1, 0.15) is 17.2 Å². The van der Waals surface area contributed by atoms with Crippen molar-refractivity contribution in [2.24, 2.45) is 5.84 Å². The van der Waals surface area contributed by atoms with E-state index in [1.54, 1.807) is 12.1 Å². The lowest BCUT2D eigenvalue weighted by Gasteiger charge is -2.18. The van der Waals surface area contributed by atoms with Gasteiger partial charge >= 0.3 is 0 Å². The Kier molecular flexibility index (Phi) is 5.74. The van der Waals surface area contributed by atoms with Gasteiger partial charge in [-0.05, 0) is 63.8 Å². The molecule has 0 heterocycles. The van der Waals surface area contributed by atoms with E-state index in [1.807, 2.05) is 18.2 Å². The zero-order valence-corrected chi connectivity index (χ0v) is 15.1. The summed E-state index contributed by atoms with van der Waals surface area (Å²) in [7, 11) is 0. The molecule has 0 saturated carbocycles. The fraction of sp³-hybridized carbons (Fsp3) is 0.143. The van der Waals surface area contributed by atoms with Gasteiger partial charge in [-0.2, -0.15) is 0 Å². The molecule has 20 heavy (non-hydrogen) atoms. The Morgan fingerprint density at radius 1 is 1.05 bits per heavy atom. The third-order valence-electron chi connectivity index (χ3n) is 2.96. The van der Waals surface area contributed by atoms with Gasteiger partial charge in [0.1, 0.15) is 5.82 Å². The van der Waals surface area contributed by atoms with Crippen LogP contribution in [0.25, 0.3) is 0 Å². The Morgan fingerprint density at radius 3 is 2.45 bits per heavy atom. The molecule has 2 nitrogen and oxygen atoms in total. The molecule has 3 N–H and O–H groups in total. The van der Waals surface area contributed by atoms with Crippen LogP contribution in [0.4, 0.5) is 4.39 Å². The quantitative estimate of drug-likeness (QED) is 0.499. The number of hydrazine groups is 1. The molecule has 0 spiro atoms. The van der Waals surface area contributed by atoms with Gasteiger partial charge < -0.3 is 0 Å². The van der Waals surface area contributed by atoms with Crippen molar-refractivity contribution >= 4 is 47.8 Å². The van der Waals surface area contributed by atoms with Gasteiger partial charge in [-0.1, -0.05) is 37.9 Å². The number of hydrogen-bond donors (Lipinski definition) is 2. The average Bonchev–Trinajstić information content (AvgIpc) is 2.43. The maximum atomic E-state index is 13.3. The minimum absolute atomic E-state index is 0.0702. The first-order valence-corrected chi connectivity index (χ1v) is 8.24. The Labute approximate surface area is 142 Å². The molecule has 6 heteroatoms. The molecule has 0 aliphatic carbocycles. The second-order valence-electron chi connectivity index (χ2n) is 4.34. The van der Waals surface area contributed by atoms with Crippen molar-refractivity contribution < 1.29 is 4.39 Å². The molecule has 0 aliphatic heterocycles. The number of hydrogen-bond acceptors (Lipinski definition) is 2. The molecule has 106 valence electrons. The summed E-state index contributed by atoms with van der Waals surface area (Å²) in [6.45, 7) is 0. The lowest BCUT2D eigenvalue weighted by Crippen LogP contribution is -2.29. The van der Waals surface area contributed by atoms with Crippen molar-refractivity contribution in [3.8, 4) is 0 Å². The first-order chi connectivity index (χ1) is 9.51. The van der Waals surface area contributed by atoms with E-state index in [1.165, 1.54) is 6.07 Å². The minimum Gasteiger partial charge on any atom is -0.271 e. The highest BCUT2D eigenvalue weighted by atomic mass is 79.9. The molecule has 1 unspecified atom stereocenters. The molecule has 0 fully saturated rings. The molecule has 1 atom stereocenters. The first kappa shape index (κ1) is 16.1. The average molecular weight is 467 g/mol. The van der Waals surface area contributed by atoms with Crippen LogP contribution in [0.2, 0.25) is 0 Å². The molecular formula is C14H12Br3FN2. The molecule has 0 aromatic heterocycles. The molecule has 0 amide bonds. The third kappa shape index (κ3) is 3.89. The summed E-state index contributed by atoms with van der Waals surface area (Å²) in [4.78, 5) is 0. The van der Waals surface area contributed by atoms with Gasteiger partial charge in [-0.25, -0.2) is 4.39 Å². The summed E-state index contributed by atoms with van der Waals surface area (Å²) < 4.78 is 15.7. The Morgan fingerprint density at radius 2 is 1.80 bits per heavy atom. The second-order valence-corrected chi connectivity index (χ2v) is 6.96. The highest BCUT2D eigenvalue weighted by Crippen LogP contribution is 2.29. The van der Waals surface area contributed by atoms with E-state index in [4.69, 9.17) is 5.84 Å². The fourth-order valence-corrected chi connectivity index (χ4v) is 3.27. The summed E-state index contributed by atoms with van der Waals surface area (Å²) in [5.74, 6) is 5.40. The van der Waals surface area contributed by atoms with E-state index in [0.29, 0.717) is 10.9 Å². The highest BCUT2D eigenvalue weighted by molar-refractivity contribution is 9.11. The van der Waals surface area contributed by atoms with Gasteiger partial charge in [0.15, 0.2) is 0 Å². The van der Waals surface area contributed by atoms with Crippen LogP contribution in [0.15, 0.2) is 49.8 Å².